The van der Waals surface area contributed by atoms with Gasteiger partial charge in [-0.2, -0.15) is 0 Å². The van der Waals surface area contributed by atoms with Crippen LogP contribution in [0.3, 0.4) is 0 Å². The van der Waals surface area contributed by atoms with E-state index in [-0.39, 0.29) is 0 Å². The molecule has 0 fully saturated rings. The van der Waals surface area contributed by atoms with Gasteiger partial charge in [0.15, 0.2) is 0 Å². The molecule has 0 aromatic heterocycles. The second-order valence-electron chi connectivity index (χ2n) is 5.25. The fourth-order valence-electron chi connectivity index (χ4n) is 2.48. The summed E-state index contributed by atoms with van der Waals surface area (Å²) in [6.07, 6.45) is 22.8. The van der Waals surface area contributed by atoms with Crippen molar-refractivity contribution < 1.29 is 0 Å². The van der Waals surface area contributed by atoms with E-state index in [0.717, 1.165) is 0 Å². The Kier molecular flexibility index (Phi) is 6.56. The molecular weight excluding hydrogens is 240 g/mol. The first-order valence-electron chi connectivity index (χ1n) is 7.67. The van der Waals surface area contributed by atoms with E-state index in [4.69, 9.17) is 0 Å². The Labute approximate surface area is 123 Å². The van der Waals surface area contributed by atoms with Crippen molar-refractivity contribution in [3.05, 3.63) is 47.6 Å². The van der Waals surface area contributed by atoms with E-state index < -0.39 is 0 Å². The molecule has 2 rings (SSSR count). The lowest BCUT2D eigenvalue weighted by Gasteiger charge is -2.07. The van der Waals surface area contributed by atoms with E-state index in [9.17, 15) is 0 Å². The smallest absolute Gasteiger partial charge is 0.0102 e. The zero-order valence-electron chi connectivity index (χ0n) is 12.1. The van der Waals surface area contributed by atoms with Gasteiger partial charge in [0.1, 0.15) is 0 Å². The van der Waals surface area contributed by atoms with Crippen molar-refractivity contribution in [2.24, 2.45) is 0 Å². The van der Waals surface area contributed by atoms with Crippen molar-refractivity contribution >= 4 is 0 Å². The van der Waals surface area contributed by atoms with Gasteiger partial charge in [0.25, 0.3) is 0 Å². The van der Waals surface area contributed by atoms with Gasteiger partial charge in [0.2, 0.25) is 0 Å². The molecule has 0 radical (unpaired) electrons. The zero-order valence-corrected chi connectivity index (χ0v) is 12.1. The van der Waals surface area contributed by atoms with Crippen molar-refractivity contribution in [1.82, 2.24) is 0 Å². The first-order valence-corrected chi connectivity index (χ1v) is 7.67. The van der Waals surface area contributed by atoms with Crippen LogP contribution in [0.15, 0.2) is 47.6 Å². The first kappa shape index (κ1) is 14.5. The Balaban J connectivity index is 1.75. The number of allylic oxidation sites excluding steroid dienone is 8. The Morgan fingerprint density at radius 1 is 0.700 bits per heavy atom. The maximum absolute atomic E-state index is 2.98. The molecule has 0 heterocycles. The summed E-state index contributed by atoms with van der Waals surface area (Å²) in [5, 5.41) is 0. The summed E-state index contributed by atoms with van der Waals surface area (Å²) in [5.41, 5.74) is 2.84. The fourth-order valence-corrected chi connectivity index (χ4v) is 2.48. The summed E-state index contributed by atoms with van der Waals surface area (Å²) in [4.78, 5) is 0. The maximum Gasteiger partial charge on any atom is -0.0102 e. The highest BCUT2D eigenvalue weighted by Gasteiger charge is 1.99. The molecule has 0 nitrogen and oxygen atoms in total. The average molecular weight is 262 g/mol. The highest BCUT2D eigenvalue weighted by molar-refractivity contribution is 5.37. The van der Waals surface area contributed by atoms with Crippen molar-refractivity contribution in [2.45, 2.75) is 51.4 Å². The largest absolute Gasteiger partial charge is 0.0813 e. The van der Waals surface area contributed by atoms with Crippen LogP contribution in [0.1, 0.15) is 51.4 Å². The van der Waals surface area contributed by atoms with Crippen LogP contribution in [0.25, 0.3) is 0 Å². The molecule has 0 aromatic rings. The Morgan fingerprint density at radius 3 is 1.60 bits per heavy atom. The summed E-state index contributed by atoms with van der Waals surface area (Å²) in [6.45, 7) is 0. The molecule has 0 saturated heterocycles. The van der Waals surface area contributed by atoms with Gasteiger partial charge in [-0.1, -0.05) is 47.3 Å². The standard InChI is InChI=1S/C20H22/c1(3-7-13-19-15-9-5-10-16-19)2-4-8-14-20-17-11-6-12-18-20/h7-8,13-15,17H,5-6,9-12,16,18H2/b13-7+,14-8+. The molecule has 0 atom stereocenters. The van der Waals surface area contributed by atoms with Gasteiger partial charge in [-0.25, -0.2) is 0 Å². The van der Waals surface area contributed by atoms with Gasteiger partial charge in [0.05, 0.1) is 0 Å². The average Bonchev–Trinajstić information content (AvgIpc) is 2.52. The first-order chi connectivity index (χ1) is 9.95. The van der Waals surface area contributed by atoms with Crippen LogP contribution in [0.2, 0.25) is 0 Å². The SMILES string of the molecule is C(C#C/C=C/C1=CCCCC1)#C/C=C/C1=CCCCC1. The third kappa shape index (κ3) is 5.81. The van der Waals surface area contributed by atoms with E-state index in [1.165, 1.54) is 62.5 Å². The minimum absolute atomic E-state index is 1.20. The Hall–Kier alpha value is -1.92. The summed E-state index contributed by atoms with van der Waals surface area (Å²) in [7, 11) is 0. The highest BCUT2D eigenvalue weighted by atomic mass is 14.0. The van der Waals surface area contributed by atoms with E-state index in [1.807, 2.05) is 12.2 Å². The molecule has 2 aliphatic rings. The molecule has 20 heavy (non-hydrogen) atoms. The minimum atomic E-state index is 1.20. The summed E-state index contributed by atoms with van der Waals surface area (Å²) >= 11 is 0. The summed E-state index contributed by atoms with van der Waals surface area (Å²) < 4.78 is 0. The molecule has 2 aliphatic carbocycles. The van der Waals surface area contributed by atoms with Crippen molar-refractivity contribution in [2.75, 3.05) is 0 Å². The molecule has 0 aliphatic heterocycles. The molecule has 0 saturated carbocycles. The summed E-state index contributed by atoms with van der Waals surface area (Å²) in [6, 6.07) is 0. The van der Waals surface area contributed by atoms with Gasteiger partial charge in [-0.3, -0.25) is 0 Å². The summed E-state index contributed by atoms with van der Waals surface area (Å²) in [5.74, 6) is 11.7. The molecule has 0 N–H and O–H groups in total. The lowest BCUT2D eigenvalue weighted by Crippen LogP contribution is -1.87. The van der Waals surface area contributed by atoms with E-state index in [2.05, 4.69) is 48.0 Å². The molecule has 0 unspecified atom stereocenters. The van der Waals surface area contributed by atoms with Crippen LogP contribution >= 0.6 is 0 Å². The number of hydrogen-bond donors (Lipinski definition) is 0. The van der Waals surface area contributed by atoms with Crippen molar-refractivity contribution in [3.63, 3.8) is 0 Å². The maximum atomic E-state index is 2.98. The van der Waals surface area contributed by atoms with Gasteiger partial charge in [-0.05, 0) is 75.4 Å². The normalized spacial score (nSPS) is 18.8. The molecule has 0 amide bonds. The number of rotatable bonds is 2. The highest BCUT2D eigenvalue weighted by Crippen LogP contribution is 2.18. The topological polar surface area (TPSA) is 0 Å². The van der Waals surface area contributed by atoms with Crippen molar-refractivity contribution in [1.29, 1.82) is 0 Å². The second kappa shape index (κ2) is 9.06. The van der Waals surface area contributed by atoms with Crippen LogP contribution in [0.4, 0.5) is 0 Å². The molecule has 102 valence electrons. The van der Waals surface area contributed by atoms with E-state index >= 15 is 0 Å². The van der Waals surface area contributed by atoms with Gasteiger partial charge in [0, 0.05) is 0 Å². The minimum Gasteiger partial charge on any atom is -0.0813 e. The van der Waals surface area contributed by atoms with Crippen LogP contribution in [0, 0.1) is 23.7 Å². The van der Waals surface area contributed by atoms with Crippen LogP contribution in [-0.4, -0.2) is 0 Å². The molecule has 0 spiro atoms. The van der Waals surface area contributed by atoms with Gasteiger partial charge >= 0.3 is 0 Å². The lowest BCUT2D eigenvalue weighted by molar-refractivity contribution is 0.712. The van der Waals surface area contributed by atoms with Gasteiger partial charge < -0.3 is 0 Å². The third-order valence-electron chi connectivity index (χ3n) is 3.62. The van der Waals surface area contributed by atoms with E-state index in [0.29, 0.717) is 0 Å². The molecule has 0 aromatic carbocycles. The number of hydrogen-bond acceptors (Lipinski definition) is 0. The van der Waals surface area contributed by atoms with Crippen molar-refractivity contribution in [3.8, 4) is 23.7 Å². The molecule has 0 bridgehead atoms. The molecular formula is C20H22. The van der Waals surface area contributed by atoms with Gasteiger partial charge in [-0.15, -0.1) is 0 Å². The third-order valence-corrected chi connectivity index (χ3v) is 3.62. The lowest BCUT2D eigenvalue weighted by atomic mass is 9.99. The Bertz CT molecular complexity index is 492. The quantitative estimate of drug-likeness (QED) is 0.607. The second-order valence-corrected chi connectivity index (χ2v) is 5.25. The monoisotopic (exact) mass is 262 g/mol. The molecule has 0 heteroatoms. The van der Waals surface area contributed by atoms with E-state index in [1.54, 1.807) is 0 Å². The predicted molar refractivity (Wildman–Crippen MR) is 86.9 cm³/mol. The predicted octanol–water partition coefficient (Wildman–Crippen LogP) is 5.11. The van der Waals surface area contributed by atoms with Crippen LogP contribution in [0.5, 0.6) is 0 Å². The zero-order chi connectivity index (χ0) is 13.9. The fraction of sp³-hybridized carbons (Fsp3) is 0.400. The van der Waals surface area contributed by atoms with Crippen LogP contribution in [-0.2, 0) is 0 Å². The van der Waals surface area contributed by atoms with Crippen LogP contribution < -0.4 is 0 Å². The Morgan fingerprint density at radius 2 is 1.20 bits per heavy atom.